The van der Waals surface area contributed by atoms with Gasteiger partial charge in [-0.15, -0.1) is 0 Å². The fourth-order valence-corrected chi connectivity index (χ4v) is 4.11. The number of carbonyl (C=O) groups is 1. The molecule has 0 bridgehead atoms. The van der Waals surface area contributed by atoms with E-state index < -0.39 is 5.97 Å². The van der Waals surface area contributed by atoms with Gasteiger partial charge in [0.2, 0.25) is 0 Å². The first-order valence-corrected chi connectivity index (χ1v) is 10.1. The highest BCUT2D eigenvalue weighted by Gasteiger charge is 2.35. The summed E-state index contributed by atoms with van der Waals surface area (Å²) >= 11 is 0. The Kier molecular flexibility index (Phi) is 5.31. The van der Waals surface area contributed by atoms with E-state index >= 15 is 0 Å². The van der Waals surface area contributed by atoms with Crippen molar-refractivity contribution in [2.24, 2.45) is 4.99 Å². The Balaban J connectivity index is 1.58. The maximum atomic E-state index is 11.5. The van der Waals surface area contributed by atoms with Crippen molar-refractivity contribution < 1.29 is 9.90 Å². The topological polar surface area (TPSA) is 68.2 Å². The summed E-state index contributed by atoms with van der Waals surface area (Å²) in [6.07, 6.45) is 5.86. The predicted octanol–water partition coefficient (Wildman–Crippen LogP) is 3.89. The quantitative estimate of drug-likeness (QED) is 0.767. The van der Waals surface area contributed by atoms with Crippen LogP contribution in [0.15, 0.2) is 77.3 Å². The number of nitrogens with zero attached hydrogens (tertiary/aromatic N) is 3. The summed E-state index contributed by atoms with van der Waals surface area (Å²) in [5.74, 6) is 0.0454. The van der Waals surface area contributed by atoms with Crippen molar-refractivity contribution in [3.05, 3.63) is 83.5 Å². The van der Waals surface area contributed by atoms with Crippen LogP contribution < -0.4 is 5.32 Å². The zero-order valence-electron chi connectivity index (χ0n) is 17.5. The van der Waals surface area contributed by atoms with Gasteiger partial charge >= 0.3 is 5.97 Å². The van der Waals surface area contributed by atoms with Gasteiger partial charge in [0.1, 0.15) is 5.82 Å². The lowest BCUT2D eigenvalue weighted by Crippen LogP contribution is -2.45. The van der Waals surface area contributed by atoms with Gasteiger partial charge in [0.25, 0.3) is 0 Å². The molecule has 4 rings (SSSR count). The second kappa shape index (κ2) is 8.06. The molecule has 1 unspecified atom stereocenters. The molecule has 2 aliphatic heterocycles. The van der Waals surface area contributed by atoms with Gasteiger partial charge in [0.05, 0.1) is 17.3 Å². The van der Waals surface area contributed by atoms with Gasteiger partial charge in [-0.05, 0) is 29.2 Å². The summed E-state index contributed by atoms with van der Waals surface area (Å²) < 4.78 is 0. The molecule has 2 aromatic carbocycles. The average molecular weight is 402 g/mol. The zero-order valence-corrected chi connectivity index (χ0v) is 17.5. The lowest BCUT2D eigenvalue weighted by atomic mass is 9.96. The molecule has 0 fully saturated rings. The Morgan fingerprint density at radius 3 is 2.57 bits per heavy atom. The first-order chi connectivity index (χ1) is 14.5. The van der Waals surface area contributed by atoms with Gasteiger partial charge in [0.15, 0.2) is 0 Å². The van der Waals surface area contributed by atoms with E-state index in [1.807, 2.05) is 38.4 Å². The van der Waals surface area contributed by atoms with E-state index in [1.165, 1.54) is 11.3 Å². The molecule has 0 saturated heterocycles. The Morgan fingerprint density at radius 2 is 1.90 bits per heavy atom. The highest BCUT2D eigenvalue weighted by atomic mass is 16.4. The summed E-state index contributed by atoms with van der Waals surface area (Å²) in [7, 11) is 3.95. The molecule has 2 heterocycles. The molecule has 0 saturated carbocycles. The number of nitrogens with one attached hydrogen (secondary N) is 1. The summed E-state index contributed by atoms with van der Waals surface area (Å²) in [5, 5.41) is 17.0. The molecule has 0 radical (unpaired) electrons. The van der Waals surface area contributed by atoms with Crippen LogP contribution in [0.25, 0.3) is 11.1 Å². The third kappa shape index (κ3) is 3.56. The molecule has 2 aromatic rings. The van der Waals surface area contributed by atoms with E-state index in [9.17, 15) is 9.90 Å². The van der Waals surface area contributed by atoms with Crippen molar-refractivity contribution >= 4 is 11.7 Å². The van der Waals surface area contributed by atoms with Crippen LogP contribution in [0.4, 0.5) is 0 Å². The van der Waals surface area contributed by atoms with Crippen LogP contribution in [0.2, 0.25) is 0 Å². The standard InChI is InChI=1S/C24H26N4O2/c1-4-21-22(28-23(26-21)14-18(25-2)15-27(28)3)13-16-9-11-17(12-10-16)19-7-5-6-8-20(19)24(29)30/h5-12,14-15,22,25H,4,13H2,1-3H3,(H,29,30). The van der Waals surface area contributed by atoms with Gasteiger partial charge in [-0.1, -0.05) is 49.4 Å². The molecule has 0 spiro atoms. The van der Waals surface area contributed by atoms with Crippen molar-refractivity contribution in [3.63, 3.8) is 0 Å². The number of aliphatic imine (C=N–C) groups is 1. The number of fused-ring (bicyclic) bond motifs is 1. The highest BCUT2D eigenvalue weighted by molar-refractivity contribution is 5.96. The minimum Gasteiger partial charge on any atom is -0.478 e. The van der Waals surface area contributed by atoms with E-state index in [-0.39, 0.29) is 6.04 Å². The summed E-state index contributed by atoms with van der Waals surface area (Å²) in [6.45, 7) is 2.14. The zero-order chi connectivity index (χ0) is 21.3. The molecule has 0 amide bonds. The normalized spacial score (nSPS) is 17.8. The van der Waals surface area contributed by atoms with Crippen LogP contribution in [0.3, 0.4) is 0 Å². The minimum atomic E-state index is -0.911. The van der Waals surface area contributed by atoms with E-state index in [4.69, 9.17) is 4.99 Å². The summed E-state index contributed by atoms with van der Waals surface area (Å²) in [4.78, 5) is 16.4. The maximum absolute atomic E-state index is 11.5. The molecule has 1 atom stereocenters. The predicted molar refractivity (Wildman–Crippen MR) is 119 cm³/mol. The number of benzene rings is 2. The van der Waals surface area contributed by atoms with Crippen LogP contribution in [0.1, 0.15) is 29.3 Å². The van der Waals surface area contributed by atoms with Crippen LogP contribution in [-0.2, 0) is 6.42 Å². The molecular formula is C24H26N4O2. The van der Waals surface area contributed by atoms with Crippen LogP contribution in [0, 0.1) is 0 Å². The molecule has 6 nitrogen and oxygen atoms in total. The second-order valence-electron chi connectivity index (χ2n) is 7.48. The molecule has 154 valence electrons. The van der Waals surface area contributed by atoms with E-state index in [0.29, 0.717) is 5.56 Å². The molecule has 2 N–H and O–H groups in total. The number of likely N-dealkylation sites (N-methyl/N-ethyl adjacent to an activating group) is 1. The van der Waals surface area contributed by atoms with Crippen molar-refractivity contribution in [3.8, 4) is 11.1 Å². The second-order valence-corrected chi connectivity index (χ2v) is 7.48. The number of hydrogen-bond donors (Lipinski definition) is 2. The monoisotopic (exact) mass is 402 g/mol. The average Bonchev–Trinajstić information content (AvgIpc) is 3.12. The van der Waals surface area contributed by atoms with Crippen LogP contribution >= 0.6 is 0 Å². The fourth-order valence-electron chi connectivity index (χ4n) is 4.11. The largest absolute Gasteiger partial charge is 0.478 e. The maximum Gasteiger partial charge on any atom is 0.336 e. The van der Waals surface area contributed by atoms with Crippen molar-refractivity contribution in [1.29, 1.82) is 0 Å². The van der Waals surface area contributed by atoms with Gasteiger partial charge in [-0.25, -0.2) is 9.79 Å². The number of carboxylic acid groups (broad SMARTS) is 1. The molecule has 0 aromatic heterocycles. The molecule has 6 heteroatoms. The Labute approximate surface area is 176 Å². The van der Waals surface area contributed by atoms with Gasteiger partial charge in [-0.2, -0.15) is 0 Å². The van der Waals surface area contributed by atoms with Crippen molar-refractivity contribution in [2.75, 3.05) is 14.1 Å². The Bertz CT molecular complexity index is 1050. The number of hydrazine groups is 1. The fraction of sp³-hybridized carbons (Fsp3) is 0.250. The van der Waals surface area contributed by atoms with E-state index in [1.54, 1.807) is 12.1 Å². The number of hydrogen-bond acceptors (Lipinski definition) is 5. The lowest BCUT2D eigenvalue weighted by molar-refractivity contribution is 0.0697. The molecule has 0 aliphatic carbocycles. The SMILES string of the molecule is CCC1=NC2=CC(NC)=CN(C)N2C1Cc1ccc(-c2ccccc2C(=O)O)cc1. The number of allylic oxidation sites excluding steroid dienone is 1. The highest BCUT2D eigenvalue weighted by Crippen LogP contribution is 2.31. The molecular weight excluding hydrogens is 376 g/mol. The number of aromatic carboxylic acids is 1. The van der Waals surface area contributed by atoms with E-state index in [0.717, 1.165) is 35.5 Å². The van der Waals surface area contributed by atoms with Gasteiger partial charge < -0.3 is 10.4 Å². The lowest BCUT2D eigenvalue weighted by Gasteiger charge is -2.37. The van der Waals surface area contributed by atoms with Gasteiger partial charge in [-0.3, -0.25) is 10.0 Å². The molecule has 30 heavy (non-hydrogen) atoms. The van der Waals surface area contributed by atoms with Crippen LogP contribution in [0.5, 0.6) is 0 Å². The minimum absolute atomic E-state index is 0.165. The number of rotatable bonds is 6. The van der Waals surface area contributed by atoms with Crippen molar-refractivity contribution in [2.45, 2.75) is 25.8 Å². The van der Waals surface area contributed by atoms with Crippen molar-refractivity contribution in [1.82, 2.24) is 15.3 Å². The molecule has 2 aliphatic rings. The number of carboxylic acids is 1. The summed E-state index contributed by atoms with van der Waals surface area (Å²) in [6, 6.07) is 15.5. The third-order valence-electron chi connectivity index (χ3n) is 5.63. The first kappa shape index (κ1) is 19.8. The smallest absolute Gasteiger partial charge is 0.336 e. The Hall–Kier alpha value is -3.54. The third-order valence-corrected chi connectivity index (χ3v) is 5.63. The van der Waals surface area contributed by atoms with Crippen LogP contribution in [-0.4, -0.2) is 46.9 Å². The first-order valence-electron chi connectivity index (χ1n) is 10.1. The van der Waals surface area contributed by atoms with E-state index in [2.05, 4.69) is 46.7 Å². The summed E-state index contributed by atoms with van der Waals surface area (Å²) in [5.41, 5.74) is 5.35. The van der Waals surface area contributed by atoms with Gasteiger partial charge in [0, 0.05) is 38.5 Å². The Morgan fingerprint density at radius 1 is 1.17 bits per heavy atom.